The van der Waals surface area contributed by atoms with Crippen LogP contribution >= 0.6 is 0 Å². The van der Waals surface area contributed by atoms with E-state index < -0.39 is 0 Å². The zero-order valence-electron chi connectivity index (χ0n) is 6.80. The van der Waals surface area contributed by atoms with E-state index >= 15 is 0 Å². The standard InChI is InChI=1S/C8H13O2.Er/c1-7(8(2)10)5-3-4-6-9;/h7H,3-5H2,1-2H3;. The van der Waals surface area contributed by atoms with Crippen molar-refractivity contribution in [2.24, 2.45) is 5.92 Å². The van der Waals surface area contributed by atoms with E-state index in [4.69, 9.17) is 0 Å². The van der Waals surface area contributed by atoms with Crippen LogP contribution < -0.4 is 0 Å². The fraction of sp³-hybridized carbons (Fsp3) is 0.750. The normalized spacial score (nSPS) is 12.7. The van der Waals surface area contributed by atoms with Gasteiger partial charge in [0.1, 0.15) is 0 Å². The summed E-state index contributed by atoms with van der Waals surface area (Å²) in [5, 5.41) is 0. The van der Waals surface area contributed by atoms with E-state index in [0.29, 0.717) is 6.42 Å². The molecule has 0 aromatic heterocycles. The van der Waals surface area contributed by atoms with Gasteiger partial charge in [0.25, 0.3) is 0 Å². The zero-order chi connectivity index (χ0) is 8.85. The Hall–Kier alpha value is 0.587. The summed E-state index contributed by atoms with van der Waals surface area (Å²) in [4.78, 5) is 21.2. The van der Waals surface area contributed by atoms with Gasteiger partial charge in [-0.3, -0.25) is 0 Å². The molecule has 69 valence electrons. The first kappa shape index (κ1) is 11.6. The van der Waals surface area contributed by atoms with Crippen LogP contribution in [0.5, 0.6) is 0 Å². The van der Waals surface area contributed by atoms with Crippen LogP contribution in [-0.4, -0.2) is 7.73 Å². The Morgan fingerprint density at radius 3 is 2.36 bits per heavy atom. The van der Waals surface area contributed by atoms with Gasteiger partial charge < -0.3 is 0 Å². The molecule has 0 heterocycles. The van der Waals surface area contributed by atoms with Gasteiger partial charge in [-0.15, -0.1) is 0 Å². The summed E-state index contributed by atoms with van der Waals surface area (Å²) in [6.45, 7) is 3.49. The number of ketones is 1. The molecule has 2 nitrogen and oxygen atoms in total. The third-order valence-corrected chi connectivity index (χ3v) is 2.15. The summed E-state index contributed by atoms with van der Waals surface area (Å²) in [5.74, 6) is 0.320. The van der Waals surface area contributed by atoms with Gasteiger partial charge in [0.05, 0.1) is 0 Å². The predicted molar refractivity (Wildman–Crippen MR) is 38.7 cm³/mol. The van der Waals surface area contributed by atoms with E-state index in [1.807, 2.05) is 6.92 Å². The van der Waals surface area contributed by atoms with Crippen molar-refractivity contribution in [1.29, 1.82) is 0 Å². The van der Waals surface area contributed by atoms with Crippen molar-refractivity contribution in [2.75, 3.05) is 0 Å². The van der Waals surface area contributed by atoms with Gasteiger partial charge in [-0.05, 0) is 0 Å². The third kappa shape index (κ3) is 6.96. The number of carbonyl (C=O) groups is 2. The SMILES string of the molecule is CC(=O)C(C)CCC[C](=O)[Er]. The van der Waals surface area contributed by atoms with Crippen LogP contribution in [0.1, 0.15) is 33.1 Å². The van der Waals surface area contributed by atoms with Crippen LogP contribution in [0.3, 0.4) is 0 Å². The van der Waals surface area contributed by atoms with E-state index in [0.717, 1.165) is 12.8 Å². The quantitative estimate of drug-likeness (QED) is 0.770. The van der Waals surface area contributed by atoms with Gasteiger partial charge in [-0.2, -0.15) is 0 Å². The van der Waals surface area contributed by atoms with Gasteiger partial charge in [0, 0.05) is 0 Å². The summed E-state index contributed by atoms with van der Waals surface area (Å²) in [5.41, 5.74) is 0. The molecule has 0 saturated heterocycles. The minimum atomic E-state index is 0.111. The molecule has 0 aliphatic heterocycles. The Morgan fingerprint density at radius 2 is 2.00 bits per heavy atom. The minimum absolute atomic E-state index is 0.111. The van der Waals surface area contributed by atoms with E-state index in [9.17, 15) is 9.59 Å². The molecule has 0 rings (SSSR count). The Kier molecular flexibility index (Phi) is 6.47. The molecule has 0 fully saturated rings. The summed E-state index contributed by atoms with van der Waals surface area (Å²) in [6, 6.07) is 0. The molecule has 0 bridgehead atoms. The van der Waals surface area contributed by atoms with Crippen LogP contribution in [0.2, 0.25) is 0 Å². The van der Waals surface area contributed by atoms with E-state index in [1.54, 1.807) is 6.92 Å². The molecule has 0 aromatic rings. The summed E-state index contributed by atoms with van der Waals surface area (Å²) >= 11 is 2.14. The average Bonchev–Trinajstić information content (AvgIpc) is 1.86. The van der Waals surface area contributed by atoms with Crippen molar-refractivity contribution in [2.45, 2.75) is 33.1 Å². The number of rotatable bonds is 5. The molecule has 0 N–H and O–H groups in total. The molecule has 0 radical (unpaired) electrons. The zero-order valence-corrected chi connectivity index (χ0v) is 8.66. The second kappa shape index (κ2) is 6.14. The summed E-state index contributed by atoms with van der Waals surface area (Å²) in [7, 11) is 0. The Bertz CT molecular complexity index is 154. The molecule has 11 heavy (non-hydrogen) atoms. The second-order valence-corrected chi connectivity index (χ2v) is 3.74. The van der Waals surface area contributed by atoms with Crippen LogP contribution in [0, 0.1) is 41.3 Å². The summed E-state index contributed by atoms with van der Waals surface area (Å²) in [6.07, 6.45) is 2.22. The van der Waals surface area contributed by atoms with Gasteiger partial charge in [0.2, 0.25) is 0 Å². The molecule has 0 aromatic carbocycles. The van der Waals surface area contributed by atoms with Crippen molar-refractivity contribution in [3.63, 3.8) is 0 Å². The Labute approximate surface area is 91.0 Å². The van der Waals surface area contributed by atoms with E-state index in [1.165, 1.54) is 0 Å². The molecule has 1 unspecified atom stereocenters. The topological polar surface area (TPSA) is 34.1 Å². The molecule has 1 atom stereocenters. The molecule has 3 heteroatoms. The van der Waals surface area contributed by atoms with Crippen LogP contribution in [0.15, 0.2) is 0 Å². The molecular weight excluding hydrogens is 295 g/mol. The molecule has 0 aliphatic rings. The van der Waals surface area contributed by atoms with E-state index in [2.05, 4.69) is 35.4 Å². The van der Waals surface area contributed by atoms with Crippen molar-refractivity contribution >= 4 is 7.73 Å². The number of Topliss-reactive ketones (excluding diaryl/α,β-unsaturated/α-hetero) is 1. The van der Waals surface area contributed by atoms with Gasteiger partial charge >= 0.3 is 91.7 Å². The third-order valence-electron chi connectivity index (χ3n) is 1.68. The second-order valence-electron chi connectivity index (χ2n) is 2.71. The van der Waals surface area contributed by atoms with Crippen molar-refractivity contribution in [3.05, 3.63) is 0 Å². The molecule has 0 saturated carbocycles. The van der Waals surface area contributed by atoms with Gasteiger partial charge in [0.15, 0.2) is 0 Å². The number of hydrogen-bond acceptors (Lipinski definition) is 2. The van der Waals surface area contributed by atoms with Crippen molar-refractivity contribution in [1.82, 2.24) is 0 Å². The van der Waals surface area contributed by atoms with Crippen LogP contribution in [-0.2, 0) is 9.59 Å². The molecule has 0 amide bonds. The Balaban J connectivity index is 3.39. The fourth-order valence-corrected chi connectivity index (χ4v) is 1.06. The Morgan fingerprint density at radius 1 is 1.45 bits per heavy atom. The molecule has 0 aliphatic carbocycles. The number of hydrogen-bond donors (Lipinski definition) is 0. The molecular formula is C8H13ErO2. The van der Waals surface area contributed by atoms with Crippen LogP contribution in [0.25, 0.3) is 0 Å². The van der Waals surface area contributed by atoms with Crippen molar-refractivity contribution < 1.29 is 45.0 Å². The summed E-state index contributed by atoms with van der Waals surface area (Å²) < 4.78 is 0.126. The van der Waals surface area contributed by atoms with Gasteiger partial charge in [-0.1, -0.05) is 0 Å². The average molecular weight is 308 g/mol. The monoisotopic (exact) mass is 307 g/mol. The maximum absolute atomic E-state index is 10.7. The maximum atomic E-state index is 10.7. The molecule has 0 spiro atoms. The predicted octanol–water partition coefficient (Wildman–Crippen LogP) is 1.46. The van der Waals surface area contributed by atoms with Crippen LogP contribution in [0.4, 0.5) is 0 Å². The first-order valence-electron chi connectivity index (χ1n) is 3.68. The first-order chi connectivity index (χ1) is 5.04. The van der Waals surface area contributed by atoms with Gasteiger partial charge in [-0.25, -0.2) is 0 Å². The van der Waals surface area contributed by atoms with E-state index in [-0.39, 0.29) is 13.6 Å². The van der Waals surface area contributed by atoms with Crippen molar-refractivity contribution in [3.8, 4) is 0 Å². The fourth-order valence-electron chi connectivity index (χ4n) is 0.735. The number of carbonyl (C=O) groups excluding carboxylic acids is 2. The first-order valence-corrected chi connectivity index (χ1v) is 4.61.